The van der Waals surface area contributed by atoms with Gasteiger partial charge in [0.2, 0.25) is 11.9 Å². The van der Waals surface area contributed by atoms with Crippen molar-refractivity contribution < 1.29 is 9.59 Å². The quantitative estimate of drug-likeness (QED) is 0.364. The summed E-state index contributed by atoms with van der Waals surface area (Å²) in [6.07, 6.45) is 12.4. The van der Waals surface area contributed by atoms with Gasteiger partial charge in [-0.25, -0.2) is 9.97 Å². The number of carbonyl (C=O) groups excluding carboxylic acids is 2. The largest absolute Gasteiger partial charge is 0.348 e. The Morgan fingerprint density at radius 2 is 1.77 bits per heavy atom. The molecule has 1 saturated heterocycles. The molecular weight excluding hydrogens is 502 g/mol. The second kappa shape index (κ2) is 13.8. The van der Waals surface area contributed by atoms with Gasteiger partial charge in [0.1, 0.15) is 11.5 Å². The number of carbonyl (C=O) groups is 2. The Labute approximate surface area is 238 Å². The van der Waals surface area contributed by atoms with Crippen LogP contribution in [0.25, 0.3) is 11.0 Å². The summed E-state index contributed by atoms with van der Waals surface area (Å²) >= 11 is 0. The molecule has 40 heavy (non-hydrogen) atoms. The first-order chi connectivity index (χ1) is 19.2. The van der Waals surface area contributed by atoms with Crippen LogP contribution in [0.4, 0.5) is 11.8 Å². The Hall–Kier alpha value is -3.33. The first kappa shape index (κ1) is 29.6. The van der Waals surface area contributed by atoms with E-state index >= 15 is 0 Å². The predicted molar refractivity (Wildman–Crippen MR) is 160 cm³/mol. The lowest BCUT2D eigenvalue weighted by atomic mass is 9.99. The fourth-order valence-electron chi connectivity index (χ4n) is 5.53. The molecule has 0 aromatic carbocycles. The minimum absolute atomic E-state index is 0.0269. The molecule has 2 fully saturated rings. The summed E-state index contributed by atoms with van der Waals surface area (Å²) in [5.41, 5.74) is 2.37. The second-order valence-electron chi connectivity index (χ2n) is 11.5. The number of amides is 1. The van der Waals surface area contributed by atoms with Crippen molar-refractivity contribution in [2.75, 3.05) is 39.0 Å². The molecule has 9 heteroatoms. The van der Waals surface area contributed by atoms with Gasteiger partial charge in [0.15, 0.2) is 5.78 Å². The molecule has 5 rings (SSSR count). The van der Waals surface area contributed by atoms with Crippen LogP contribution in [-0.4, -0.2) is 74.7 Å². The number of rotatable bonds is 8. The van der Waals surface area contributed by atoms with Gasteiger partial charge < -0.3 is 19.7 Å². The first-order valence-corrected chi connectivity index (χ1v) is 14.8. The van der Waals surface area contributed by atoms with Crippen LogP contribution in [0.5, 0.6) is 0 Å². The number of aromatic nitrogens is 4. The van der Waals surface area contributed by atoms with E-state index in [4.69, 9.17) is 4.98 Å². The van der Waals surface area contributed by atoms with Crippen LogP contribution >= 0.6 is 0 Å². The fraction of sp³-hybridized carbons (Fsp3) is 0.581. The molecule has 1 aliphatic heterocycles. The molecular formula is C31H45N7O2. The van der Waals surface area contributed by atoms with E-state index in [2.05, 4.69) is 38.6 Å². The summed E-state index contributed by atoms with van der Waals surface area (Å²) in [6.45, 7) is 10.1. The van der Waals surface area contributed by atoms with Gasteiger partial charge in [-0.2, -0.15) is 4.98 Å². The molecule has 1 aliphatic carbocycles. The number of fused-ring (bicyclic) bond motifs is 1. The van der Waals surface area contributed by atoms with E-state index in [0.717, 1.165) is 35.5 Å². The van der Waals surface area contributed by atoms with Gasteiger partial charge in [-0.3, -0.25) is 9.59 Å². The van der Waals surface area contributed by atoms with Crippen molar-refractivity contribution in [2.24, 2.45) is 5.92 Å². The maximum Gasteiger partial charge on any atom is 0.230 e. The average molecular weight is 548 g/mol. The molecule has 1 N–H and O–H groups in total. The number of anilines is 2. The zero-order valence-corrected chi connectivity index (χ0v) is 24.8. The van der Waals surface area contributed by atoms with Crippen LogP contribution in [0, 0.1) is 5.92 Å². The van der Waals surface area contributed by atoms with E-state index in [1.54, 1.807) is 37.3 Å². The highest BCUT2D eigenvalue weighted by Gasteiger charge is 2.24. The smallest absolute Gasteiger partial charge is 0.230 e. The summed E-state index contributed by atoms with van der Waals surface area (Å²) in [4.78, 5) is 41.4. The van der Waals surface area contributed by atoms with Crippen LogP contribution in [0.1, 0.15) is 87.8 Å². The number of ketones is 1. The van der Waals surface area contributed by atoms with Crippen molar-refractivity contribution >= 4 is 34.5 Å². The van der Waals surface area contributed by atoms with Gasteiger partial charge in [0.05, 0.1) is 6.42 Å². The second-order valence-corrected chi connectivity index (χ2v) is 11.5. The predicted octanol–water partition coefficient (Wildman–Crippen LogP) is 5.65. The first-order valence-electron chi connectivity index (χ1n) is 14.8. The number of pyridine rings is 1. The molecule has 0 atom stereocenters. The molecule has 1 saturated carbocycles. The SMILES string of the molecule is CC(=O)c1ccc(Nc2ncc3cc(CC(=O)N(C)C)n(C4CCCC4)c3n2)nc1.CCCN1CCC(C)CC1. The molecule has 9 nitrogen and oxygen atoms in total. The molecule has 3 aromatic heterocycles. The van der Waals surface area contributed by atoms with E-state index in [0.29, 0.717) is 29.8 Å². The van der Waals surface area contributed by atoms with Gasteiger partial charge in [-0.05, 0) is 82.8 Å². The topological polar surface area (TPSA) is 96.2 Å². The number of hydrogen-bond acceptors (Lipinski definition) is 7. The van der Waals surface area contributed by atoms with E-state index in [1.807, 2.05) is 6.07 Å². The lowest BCUT2D eigenvalue weighted by Gasteiger charge is -2.29. The summed E-state index contributed by atoms with van der Waals surface area (Å²) in [7, 11) is 3.55. The van der Waals surface area contributed by atoms with E-state index in [1.165, 1.54) is 64.9 Å². The summed E-state index contributed by atoms with van der Waals surface area (Å²) in [6, 6.07) is 5.84. The number of nitrogens with one attached hydrogen (secondary N) is 1. The van der Waals surface area contributed by atoms with Crippen LogP contribution in [0.15, 0.2) is 30.6 Å². The number of piperidine rings is 1. The summed E-state index contributed by atoms with van der Waals surface area (Å²) in [5, 5.41) is 4.04. The van der Waals surface area contributed by atoms with Crippen molar-refractivity contribution in [3.63, 3.8) is 0 Å². The van der Waals surface area contributed by atoms with Crippen molar-refractivity contribution in [3.05, 3.63) is 41.9 Å². The number of hydrogen-bond donors (Lipinski definition) is 1. The zero-order chi connectivity index (χ0) is 28.6. The third kappa shape index (κ3) is 7.65. The van der Waals surface area contributed by atoms with Crippen LogP contribution in [0.3, 0.4) is 0 Å². The molecule has 3 aromatic rings. The molecule has 0 bridgehead atoms. The zero-order valence-electron chi connectivity index (χ0n) is 24.8. The Kier molecular flexibility index (Phi) is 10.3. The molecule has 0 unspecified atom stereocenters. The number of likely N-dealkylation sites (N-methyl/N-ethyl adjacent to an activating group) is 1. The number of Topliss-reactive ketones (excluding diaryl/α,β-unsaturated/α-hetero) is 1. The highest BCUT2D eigenvalue weighted by molar-refractivity contribution is 5.93. The maximum absolute atomic E-state index is 12.4. The van der Waals surface area contributed by atoms with Crippen molar-refractivity contribution in [3.8, 4) is 0 Å². The Morgan fingerprint density at radius 1 is 1.05 bits per heavy atom. The molecule has 2 aliphatic rings. The van der Waals surface area contributed by atoms with E-state index in [9.17, 15) is 9.59 Å². The minimum atomic E-state index is -0.0269. The maximum atomic E-state index is 12.4. The van der Waals surface area contributed by atoms with E-state index in [-0.39, 0.29) is 11.7 Å². The van der Waals surface area contributed by atoms with E-state index < -0.39 is 0 Å². The lowest BCUT2D eigenvalue weighted by Crippen LogP contribution is -2.33. The average Bonchev–Trinajstić information content (AvgIpc) is 3.58. The summed E-state index contributed by atoms with van der Waals surface area (Å²) in [5.74, 6) is 2.03. The third-order valence-electron chi connectivity index (χ3n) is 8.00. The Morgan fingerprint density at radius 3 is 2.38 bits per heavy atom. The van der Waals surface area contributed by atoms with Crippen LogP contribution in [0.2, 0.25) is 0 Å². The molecule has 1 amide bonds. The monoisotopic (exact) mass is 547 g/mol. The normalized spacial score (nSPS) is 16.5. The van der Waals surface area contributed by atoms with Gasteiger partial charge in [-0.1, -0.05) is 26.7 Å². The fourth-order valence-corrected chi connectivity index (χ4v) is 5.53. The van der Waals surface area contributed by atoms with Gasteiger partial charge in [-0.15, -0.1) is 0 Å². The molecule has 0 spiro atoms. The number of likely N-dealkylation sites (tertiary alicyclic amines) is 1. The molecule has 216 valence electrons. The standard InChI is InChI=1S/C22H26N6O2.C9H19N/c1-14(29)15-8-9-19(23-12-15)25-22-24-13-16-10-18(11-20(30)27(2)3)28(21(16)26-22)17-6-4-5-7-17;1-3-6-10-7-4-9(2)5-8-10/h8-10,12-13,17H,4-7,11H2,1-3H3,(H,23,24,25,26);9H,3-8H2,1-2H3. The molecule has 4 heterocycles. The highest BCUT2D eigenvalue weighted by Crippen LogP contribution is 2.34. The lowest BCUT2D eigenvalue weighted by molar-refractivity contribution is -0.128. The Bertz CT molecular complexity index is 1270. The van der Waals surface area contributed by atoms with Gasteiger partial charge >= 0.3 is 0 Å². The van der Waals surface area contributed by atoms with Crippen LogP contribution in [-0.2, 0) is 11.2 Å². The number of nitrogens with zero attached hydrogens (tertiary/aromatic N) is 6. The van der Waals surface area contributed by atoms with Crippen LogP contribution < -0.4 is 5.32 Å². The van der Waals surface area contributed by atoms with Crippen molar-refractivity contribution in [2.45, 2.75) is 78.2 Å². The van der Waals surface area contributed by atoms with Gasteiger partial charge in [0.25, 0.3) is 0 Å². The third-order valence-corrected chi connectivity index (χ3v) is 8.00. The Balaban J connectivity index is 0.000000312. The molecule has 0 radical (unpaired) electrons. The van der Waals surface area contributed by atoms with Crippen molar-refractivity contribution in [1.82, 2.24) is 29.3 Å². The van der Waals surface area contributed by atoms with Gasteiger partial charge in [0, 0.05) is 49.2 Å². The summed E-state index contributed by atoms with van der Waals surface area (Å²) < 4.78 is 2.23. The highest BCUT2D eigenvalue weighted by atomic mass is 16.2. The minimum Gasteiger partial charge on any atom is -0.348 e. The van der Waals surface area contributed by atoms with Crippen molar-refractivity contribution in [1.29, 1.82) is 0 Å².